The minimum Gasteiger partial charge on any atom is -0.257 e. The van der Waals surface area contributed by atoms with Crippen molar-refractivity contribution < 1.29 is 0 Å². The van der Waals surface area contributed by atoms with Gasteiger partial charge in [0.25, 0.3) is 0 Å². The van der Waals surface area contributed by atoms with Crippen LogP contribution in [0.1, 0.15) is 26.0 Å². The molecule has 1 aromatic rings. The summed E-state index contributed by atoms with van der Waals surface area (Å²) in [6.07, 6.45) is 5.08. The lowest BCUT2D eigenvalue weighted by Gasteiger charge is -1.97. The third-order valence-electron chi connectivity index (χ3n) is 1.58. The van der Waals surface area contributed by atoms with E-state index in [1.54, 1.807) is 0 Å². The lowest BCUT2D eigenvalue weighted by atomic mass is 10.2. The first-order valence-electron chi connectivity index (χ1n) is 3.92. The molecular weight excluding hydrogens is 134 g/mol. The third-order valence-corrected chi connectivity index (χ3v) is 1.58. The van der Waals surface area contributed by atoms with Crippen LogP contribution in [-0.4, -0.2) is 4.98 Å². The average molecular weight is 147 g/mol. The molecule has 0 bridgehead atoms. The Morgan fingerprint density at radius 1 is 1.55 bits per heavy atom. The lowest BCUT2D eigenvalue weighted by Crippen LogP contribution is -1.82. The van der Waals surface area contributed by atoms with Gasteiger partial charge < -0.3 is 0 Å². The topological polar surface area (TPSA) is 12.9 Å². The van der Waals surface area contributed by atoms with E-state index in [0.29, 0.717) is 0 Å². The maximum Gasteiger partial charge on any atom is 0.0655 e. The predicted octanol–water partition coefficient (Wildman–Crippen LogP) is 2.89. The highest BCUT2D eigenvalue weighted by molar-refractivity contribution is 5.59. The van der Waals surface area contributed by atoms with E-state index in [1.165, 1.54) is 5.57 Å². The Labute approximate surface area is 67.8 Å². The van der Waals surface area contributed by atoms with Gasteiger partial charge in [0.15, 0.2) is 0 Å². The maximum atomic E-state index is 4.23. The van der Waals surface area contributed by atoms with Crippen LogP contribution in [0, 0.1) is 0 Å². The highest BCUT2D eigenvalue weighted by atomic mass is 14.7. The van der Waals surface area contributed by atoms with Crippen molar-refractivity contribution in [1.29, 1.82) is 0 Å². The van der Waals surface area contributed by atoms with Crippen LogP contribution in [0.25, 0.3) is 5.57 Å². The first-order valence-corrected chi connectivity index (χ1v) is 3.92. The van der Waals surface area contributed by atoms with Crippen molar-refractivity contribution >= 4 is 5.57 Å². The molecule has 0 aliphatic rings. The predicted molar refractivity (Wildman–Crippen MR) is 48.2 cm³/mol. The van der Waals surface area contributed by atoms with E-state index in [2.05, 4.69) is 24.9 Å². The number of aromatic nitrogens is 1. The van der Waals surface area contributed by atoms with E-state index in [1.807, 2.05) is 24.4 Å². The van der Waals surface area contributed by atoms with Gasteiger partial charge in [-0.2, -0.15) is 0 Å². The molecule has 0 fully saturated rings. The van der Waals surface area contributed by atoms with E-state index >= 15 is 0 Å². The smallest absolute Gasteiger partial charge is 0.0655 e. The Kier molecular flexibility index (Phi) is 2.84. The van der Waals surface area contributed by atoms with E-state index < -0.39 is 0 Å². The molecule has 11 heavy (non-hydrogen) atoms. The van der Waals surface area contributed by atoms with Crippen LogP contribution in [0.3, 0.4) is 0 Å². The number of hydrogen-bond acceptors (Lipinski definition) is 1. The van der Waals surface area contributed by atoms with Gasteiger partial charge in [-0.25, -0.2) is 0 Å². The summed E-state index contributed by atoms with van der Waals surface area (Å²) in [4.78, 5) is 4.23. The summed E-state index contributed by atoms with van der Waals surface area (Å²) < 4.78 is 0. The molecule has 1 heteroatoms. The highest BCUT2D eigenvalue weighted by Gasteiger charge is 1.92. The summed E-state index contributed by atoms with van der Waals surface area (Å²) in [5, 5.41) is 0. The molecule has 1 aromatic heterocycles. The molecule has 0 radical (unpaired) electrons. The molecule has 1 rings (SSSR count). The Balaban J connectivity index is 2.85. The van der Waals surface area contributed by atoms with Crippen molar-refractivity contribution in [2.75, 3.05) is 0 Å². The second-order valence-electron chi connectivity index (χ2n) is 2.51. The fourth-order valence-electron chi connectivity index (χ4n) is 1.01. The van der Waals surface area contributed by atoms with Crippen LogP contribution in [-0.2, 0) is 0 Å². The van der Waals surface area contributed by atoms with Crippen LogP contribution < -0.4 is 0 Å². The zero-order chi connectivity index (χ0) is 8.10. The van der Waals surface area contributed by atoms with Crippen molar-refractivity contribution in [1.82, 2.24) is 4.98 Å². The number of pyridine rings is 1. The average Bonchev–Trinajstić information content (AvgIpc) is 2.07. The molecule has 1 nitrogen and oxygen atoms in total. The highest BCUT2D eigenvalue weighted by Crippen LogP contribution is 2.09. The van der Waals surface area contributed by atoms with Gasteiger partial charge in [0.2, 0.25) is 0 Å². The fraction of sp³-hybridized carbons (Fsp3) is 0.300. The number of rotatable bonds is 2. The molecule has 0 aromatic carbocycles. The largest absolute Gasteiger partial charge is 0.257 e. The summed E-state index contributed by atoms with van der Waals surface area (Å²) >= 11 is 0. The van der Waals surface area contributed by atoms with Gasteiger partial charge in [0.05, 0.1) is 5.69 Å². The van der Waals surface area contributed by atoms with E-state index in [0.717, 1.165) is 12.1 Å². The van der Waals surface area contributed by atoms with Gasteiger partial charge in [-0.3, -0.25) is 4.98 Å². The van der Waals surface area contributed by atoms with Crippen molar-refractivity contribution in [2.45, 2.75) is 20.3 Å². The van der Waals surface area contributed by atoms with Gasteiger partial charge in [0, 0.05) is 6.20 Å². The van der Waals surface area contributed by atoms with Crippen LogP contribution in [0.5, 0.6) is 0 Å². The van der Waals surface area contributed by atoms with Gasteiger partial charge in [0.1, 0.15) is 0 Å². The molecule has 0 saturated carbocycles. The normalized spacial score (nSPS) is 11.6. The van der Waals surface area contributed by atoms with Crippen LogP contribution in [0.15, 0.2) is 30.5 Å². The molecule has 0 atom stereocenters. The minimum atomic E-state index is 1.07. The van der Waals surface area contributed by atoms with E-state index in [4.69, 9.17) is 0 Å². The fourth-order valence-corrected chi connectivity index (χ4v) is 1.01. The summed E-state index contributed by atoms with van der Waals surface area (Å²) in [6, 6.07) is 5.97. The summed E-state index contributed by atoms with van der Waals surface area (Å²) in [6.45, 7) is 4.22. The Morgan fingerprint density at radius 2 is 2.36 bits per heavy atom. The van der Waals surface area contributed by atoms with E-state index in [-0.39, 0.29) is 0 Å². The molecule has 58 valence electrons. The quantitative estimate of drug-likeness (QED) is 0.626. The molecule has 1 heterocycles. The molecule has 0 N–H and O–H groups in total. The number of nitrogens with zero attached hydrogens (tertiary/aromatic N) is 1. The first-order chi connectivity index (χ1) is 5.34. The van der Waals surface area contributed by atoms with Gasteiger partial charge in [-0.05, 0) is 31.1 Å². The third kappa shape index (κ3) is 2.19. The van der Waals surface area contributed by atoms with Crippen LogP contribution in [0.2, 0.25) is 0 Å². The van der Waals surface area contributed by atoms with E-state index in [9.17, 15) is 0 Å². The second kappa shape index (κ2) is 3.91. The van der Waals surface area contributed by atoms with Crippen molar-refractivity contribution in [3.8, 4) is 0 Å². The zero-order valence-electron chi connectivity index (χ0n) is 7.04. The maximum absolute atomic E-state index is 4.23. The van der Waals surface area contributed by atoms with Crippen LogP contribution >= 0.6 is 0 Å². The van der Waals surface area contributed by atoms with Gasteiger partial charge >= 0.3 is 0 Å². The molecule has 0 spiro atoms. The lowest BCUT2D eigenvalue weighted by molar-refractivity contribution is 1.20. The monoisotopic (exact) mass is 147 g/mol. The van der Waals surface area contributed by atoms with Crippen molar-refractivity contribution in [3.05, 3.63) is 36.2 Å². The Bertz CT molecular complexity index is 236. The minimum absolute atomic E-state index is 1.07. The second-order valence-corrected chi connectivity index (χ2v) is 2.51. The Hall–Kier alpha value is -1.11. The molecule has 0 aliphatic carbocycles. The molecule has 0 aliphatic heterocycles. The van der Waals surface area contributed by atoms with Gasteiger partial charge in [-0.1, -0.05) is 19.1 Å². The SMILES string of the molecule is CC/C=C(/C)c1ccccn1. The molecule has 0 unspecified atom stereocenters. The van der Waals surface area contributed by atoms with Crippen molar-refractivity contribution in [3.63, 3.8) is 0 Å². The number of allylic oxidation sites excluding steroid dienone is 2. The zero-order valence-corrected chi connectivity index (χ0v) is 7.04. The number of hydrogen-bond donors (Lipinski definition) is 0. The standard InChI is InChI=1S/C10H13N/c1-3-6-9(2)10-7-4-5-8-11-10/h4-8H,3H2,1-2H3/b9-6-. The summed E-state index contributed by atoms with van der Waals surface area (Å²) in [7, 11) is 0. The van der Waals surface area contributed by atoms with Crippen molar-refractivity contribution in [2.24, 2.45) is 0 Å². The van der Waals surface area contributed by atoms with Gasteiger partial charge in [-0.15, -0.1) is 0 Å². The Morgan fingerprint density at radius 3 is 2.91 bits per heavy atom. The molecular formula is C10H13N. The summed E-state index contributed by atoms with van der Waals surface area (Å²) in [5.41, 5.74) is 2.34. The molecule has 0 amide bonds. The summed E-state index contributed by atoms with van der Waals surface area (Å²) in [5.74, 6) is 0. The molecule has 0 saturated heterocycles. The first kappa shape index (κ1) is 7.99. The van der Waals surface area contributed by atoms with Crippen LogP contribution in [0.4, 0.5) is 0 Å².